The molecule has 0 fully saturated rings. The molecule has 1 unspecified atom stereocenters. The van der Waals surface area contributed by atoms with Crippen molar-refractivity contribution in [2.45, 2.75) is 32.8 Å². The molecular formula is C11H17NO. The van der Waals surface area contributed by atoms with E-state index in [1.807, 2.05) is 25.1 Å². The fourth-order valence-electron chi connectivity index (χ4n) is 1.48. The highest BCUT2D eigenvalue weighted by atomic mass is 16.3. The lowest BCUT2D eigenvalue weighted by atomic mass is 10.0. The minimum atomic E-state index is -0.368. The summed E-state index contributed by atoms with van der Waals surface area (Å²) < 4.78 is 0. The highest BCUT2D eigenvalue weighted by Gasteiger charge is 2.06. The molecule has 1 atom stereocenters. The summed E-state index contributed by atoms with van der Waals surface area (Å²) in [5.74, 6) is 0. The molecule has 1 aromatic carbocycles. The van der Waals surface area contributed by atoms with Gasteiger partial charge in [0.2, 0.25) is 0 Å². The van der Waals surface area contributed by atoms with Gasteiger partial charge in [-0.2, -0.15) is 0 Å². The fourth-order valence-corrected chi connectivity index (χ4v) is 1.48. The van der Waals surface area contributed by atoms with Crippen LogP contribution in [0.3, 0.4) is 0 Å². The maximum Gasteiger partial charge on any atom is 0.0790 e. The Bertz CT molecular complexity index is 263. The molecule has 1 aromatic rings. The Morgan fingerprint density at radius 2 is 2.08 bits per heavy atom. The molecule has 2 nitrogen and oxygen atoms in total. The molecule has 0 heterocycles. The third-order valence-electron chi connectivity index (χ3n) is 2.07. The van der Waals surface area contributed by atoms with Crippen LogP contribution in [0.5, 0.6) is 0 Å². The van der Waals surface area contributed by atoms with Gasteiger partial charge in [-0.15, -0.1) is 0 Å². The quantitative estimate of drug-likeness (QED) is 0.700. The molecule has 0 aromatic heterocycles. The minimum absolute atomic E-state index is 0.368. The van der Waals surface area contributed by atoms with E-state index < -0.39 is 0 Å². The summed E-state index contributed by atoms with van der Waals surface area (Å²) in [5, 5.41) is 9.71. The molecule has 0 spiro atoms. The zero-order chi connectivity index (χ0) is 9.84. The molecule has 13 heavy (non-hydrogen) atoms. The number of nitrogens with two attached hydrogens (primary N) is 1. The number of benzene rings is 1. The summed E-state index contributed by atoms with van der Waals surface area (Å²) in [4.78, 5) is 0. The molecular weight excluding hydrogens is 162 g/mol. The third-order valence-corrected chi connectivity index (χ3v) is 2.07. The molecule has 3 N–H and O–H groups in total. The Morgan fingerprint density at radius 1 is 1.38 bits per heavy atom. The lowest BCUT2D eigenvalue weighted by molar-refractivity contribution is 0.166. The van der Waals surface area contributed by atoms with E-state index in [-0.39, 0.29) is 6.10 Å². The number of nitrogen functional groups attached to an aromatic ring is 1. The summed E-state index contributed by atoms with van der Waals surface area (Å²) in [7, 11) is 0. The summed E-state index contributed by atoms with van der Waals surface area (Å²) in [6.45, 7) is 4.04. The van der Waals surface area contributed by atoms with Crippen LogP contribution >= 0.6 is 0 Å². The average molecular weight is 179 g/mol. The Balaban J connectivity index is 2.87. The van der Waals surface area contributed by atoms with Crippen molar-refractivity contribution in [3.63, 3.8) is 0 Å². The lowest BCUT2D eigenvalue weighted by Gasteiger charge is -2.11. The van der Waals surface area contributed by atoms with E-state index in [0.717, 1.165) is 29.7 Å². The maximum absolute atomic E-state index is 9.71. The van der Waals surface area contributed by atoms with E-state index in [1.165, 1.54) is 0 Å². The van der Waals surface area contributed by atoms with Gasteiger partial charge in [0.1, 0.15) is 0 Å². The standard InChI is InChI=1S/C11H17NO/c1-3-4-11(13)9-5-8(2)6-10(12)7-9/h5-7,11,13H,3-4,12H2,1-2H3. The molecule has 0 aliphatic carbocycles. The zero-order valence-corrected chi connectivity index (χ0v) is 8.25. The zero-order valence-electron chi connectivity index (χ0n) is 8.25. The maximum atomic E-state index is 9.71. The Labute approximate surface area is 79.4 Å². The Morgan fingerprint density at radius 3 is 2.62 bits per heavy atom. The van der Waals surface area contributed by atoms with Gasteiger partial charge < -0.3 is 10.8 Å². The van der Waals surface area contributed by atoms with Crippen LogP contribution in [0.2, 0.25) is 0 Å². The molecule has 0 bridgehead atoms. The Hall–Kier alpha value is -1.02. The van der Waals surface area contributed by atoms with Gasteiger partial charge >= 0.3 is 0 Å². The van der Waals surface area contributed by atoms with Crippen LogP contribution in [0.4, 0.5) is 5.69 Å². The van der Waals surface area contributed by atoms with Gasteiger partial charge in [0.05, 0.1) is 6.10 Å². The average Bonchev–Trinajstić information content (AvgIpc) is 2.03. The van der Waals surface area contributed by atoms with Crippen molar-refractivity contribution in [3.8, 4) is 0 Å². The summed E-state index contributed by atoms with van der Waals surface area (Å²) in [6, 6.07) is 5.73. The predicted molar refractivity (Wildman–Crippen MR) is 55.5 cm³/mol. The van der Waals surface area contributed by atoms with Gasteiger partial charge in [-0.1, -0.05) is 19.4 Å². The van der Waals surface area contributed by atoms with E-state index in [2.05, 4.69) is 6.92 Å². The fraction of sp³-hybridized carbons (Fsp3) is 0.455. The molecule has 1 rings (SSSR count). The second kappa shape index (κ2) is 4.28. The van der Waals surface area contributed by atoms with E-state index in [4.69, 9.17) is 5.73 Å². The number of aliphatic hydroxyl groups excluding tert-OH is 1. The van der Waals surface area contributed by atoms with Crippen LogP contribution in [0, 0.1) is 6.92 Å². The third kappa shape index (κ3) is 2.74. The molecule has 0 aliphatic rings. The topological polar surface area (TPSA) is 46.2 Å². The second-order valence-electron chi connectivity index (χ2n) is 3.48. The van der Waals surface area contributed by atoms with Crippen LogP contribution in [0.1, 0.15) is 37.0 Å². The molecule has 0 saturated heterocycles. The first-order valence-electron chi connectivity index (χ1n) is 4.68. The van der Waals surface area contributed by atoms with Gasteiger partial charge in [-0.3, -0.25) is 0 Å². The van der Waals surface area contributed by atoms with Gasteiger partial charge in [-0.05, 0) is 36.6 Å². The summed E-state index contributed by atoms with van der Waals surface area (Å²) in [5.41, 5.74) is 8.44. The van der Waals surface area contributed by atoms with E-state index in [1.54, 1.807) is 0 Å². The normalized spacial score (nSPS) is 12.8. The van der Waals surface area contributed by atoms with E-state index in [9.17, 15) is 5.11 Å². The SMILES string of the molecule is CCCC(O)c1cc(C)cc(N)c1. The second-order valence-corrected chi connectivity index (χ2v) is 3.48. The number of aliphatic hydroxyl groups is 1. The molecule has 72 valence electrons. The Kier molecular flexibility index (Phi) is 3.32. The monoisotopic (exact) mass is 179 g/mol. The number of anilines is 1. The van der Waals surface area contributed by atoms with Crippen molar-refractivity contribution >= 4 is 5.69 Å². The number of rotatable bonds is 3. The minimum Gasteiger partial charge on any atom is -0.399 e. The first-order valence-corrected chi connectivity index (χ1v) is 4.68. The van der Waals surface area contributed by atoms with Crippen LogP contribution in [-0.2, 0) is 0 Å². The lowest BCUT2D eigenvalue weighted by Crippen LogP contribution is -1.98. The largest absolute Gasteiger partial charge is 0.399 e. The molecule has 2 heteroatoms. The van der Waals surface area contributed by atoms with Crippen molar-refractivity contribution in [1.82, 2.24) is 0 Å². The van der Waals surface area contributed by atoms with Gasteiger partial charge in [0, 0.05) is 5.69 Å². The first-order chi connectivity index (χ1) is 6.13. The highest BCUT2D eigenvalue weighted by Crippen LogP contribution is 2.21. The number of hydrogen-bond acceptors (Lipinski definition) is 2. The van der Waals surface area contributed by atoms with Gasteiger partial charge in [0.25, 0.3) is 0 Å². The van der Waals surface area contributed by atoms with Crippen molar-refractivity contribution in [3.05, 3.63) is 29.3 Å². The molecule has 0 radical (unpaired) electrons. The summed E-state index contributed by atoms with van der Waals surface area (Å²) in [6.07, 6.45) is 1.41. The number of aryl methyl sites for hydroxylation is 1. The van der Waals surface area contributed by atoms with Crippen molar-refractivity contribution in [1.29, 1.82) is 0 Å². The summed E-state index contributed by atoms with van der Waals surface area (Å²) >= 11 is 0. The molecule has 0 amide bonds. The smallest absolute Gasteiger partial charge is 0.0790 e. The van der Waals surface area contributed by atoms with Crippen molar-refractivity contribution in [2.75, 3.05) is 5.73 Å². The van der Waals surface area contributed by atoms with E-state index >= 15 is 0 Å². The molecule has 0 aliphatic heterocycles. The highest BCUT2D eigenvalue weighted by molar-refractivity contribution is 5.44. The number of hydrogen-bond donors (Lipinski definition) is 2. The predicted octanol–water partition coefficient (Wildman–Crippen LogP) is 2.41. The van der Waals surface area contributed by atoms with Crippen LogP contribution in [-0.4, -0.2) is 5.11 Å². The van der Waals surface area contributed by atoms with Gasteiger partial charge in [-0.25, -0.2) is 0 Å². The van der Waals surface area contributed by atoms with E-state index in [0.29, 0.717) is 0 Å². The van der Waals surface area contributed by atoms with Gasteiger partial charge in [0.15, 0.2) is 0 Å². The van der Waals surface area contributed by atoms with Crippen molar-refractivity contribution < 1.29 is 5.11 Å². The van der Waals surface area contributed by atoms with Crippen LogP contribution in [0.15, 0.2) is 18.2 Å². The molecule has 0 saturated carbocycles. The van der Waals surface area contributed by atoms with Crippen LogP contribution < -0.4 is 5.73 Å². The van der Waals surface area contributed by atoms with Crippen LogP contribution in [0.25, 0.3) is 0 Å². The first kappa shape index (κ1) is 10.1. The van der Waals surface area contributed by atoms with Crippen molar-refractivity contribution in [2.24, 2.45) is 0 Å².